The van der Waals surface area contributed by atoms with E-state index in [1.54, 1.807) is 0 Å². The average molecular weight is 183 g/mol. The molecule has 3 N–H and O–H groups in total. The number of fused-ring (bicyclic) bond motifs is 1. The van der Waals surface area contributed by atoms with Crippen LogP contribution in [0, 0.1) is 11.8 Å². The molecule has 0 aromatic carbocycles. The lowest BCUT2D eigenvalue weighted by atomic mass is 9.74. The number of aliphatic hydroxyl groups is 1. The van der Waals surface area contributed by atoms with Crippen molar-refractivity contribution in [3.8, 4) is 0 Å². The molecule has 0 spiro atoms. The maximum atomic E-state index is 9.77. The normalized spacial score (nSPS) is 46.6. The van der Waals surface area contributed by atoms with E-state index in [2.05, 4.69) is 0 Å². The molecule has 2 fully saturated rings. The van der Waals surface area contributed by atoms with Crippen molar-refractivity contribution in [2.24, 2.45) is 17.6 Å². The van der Waals surface area contributed by atoms with Gasteiger partial charge in [0.05, 0.1) is 6.10 Å². The van der Waals surface area contributed by atoms with E-state index >= 15 is 0 Å². The minimum atomic E-state index is -0.229. The molecule has 2 aliphatic rings. The predicted octanol–water partition coefficient (Wildman–Crippen LogP) is 1.66. The molecule has 76 valence electrons. The summed E-state index contributed by atoms with van der Waals surface area (Å²) in [5.74, 6) is 1.44. The van der Waals surface area contributed by atoms with Gasteiger partial charge in [-0.3, -0.25) is 0 Å². The van der Waals surface area contributed by atoms with Crippen molar-refractivity contribution in [2.75, 3.05) is 0 Å². The van der Waals surface area contributed by atoms with Crippen molar-refractivity contribution in [1.29, 1.82) is 0 Å². The van der Waals surface area contributed by atoms with Crippen molar-refractivity contribution in [1.82, 2.24) is 0 Å². The number of aliphatic hydroxyl groups excluding tert-OH is 1. The van der Waals surface area contributed by atoms with E-state index in [1.807, 2.05) is 0 Å². The Balaban J connectivity index is 2.06. The van der Waals surface area contributed by atoms with Gasteiger partial charge in [0, 0.05) is 6.04 Å². The van der Waals surface area contributed by atoms with Crippen LogP contribution in [-0.2, 0) is 0 Å². The maximum absolute atomic E-state index is 9.77. The summed E-state index contributed by atoms with van der Waals surface area (Å²) in [7, 11) is 0. The van der Waals surface area contributed by atoms with Crippen LogP contribution >= 0.6 is 0 Å². The van der Waals surface area contributed by atoms with Crippen LogP contribution in [0.25, 0.3) is 0 Å². The van der Waals surface area contributed by atoms with Gasteiger partial charge in [0.2, 0.25) is 0 Å². The van der Waals surface area contributed by atoms with E-state index in [1.165, 1.54) is 38.5 Å². The fourth-order valence-electron chi connectivity index (χ4n) is 3.17. The van der Waals surface area contributed by atoms with Crippen LogP contribution in [0.15, 0.2) is 0 Å². The van der Waals surface area contributed by atoms with Gasteiger partial charge in [-0.1, -0.05) is 32.1 Å². The summed E-state index contributed by atoms with van der Waals surface area (Å²) in [5, 5.41) is 9.77. The SMILES string of the molecule is N[C@@H]1[C@@H]2CCCC[C@@H]2CCC[C@@H]1O. The molecular weight excluding hydrogens is 162 g/mol. The van der Waals surface area contributed by atoms with Crippen molar-refractivity contribution in [3.05, 3.63) is 0 Å². The van der Waals surface area contributed by atoms with Crippen LogP contribution in [0.4, 0.5) is 0 Å². The van der Waals surface area contributed by atoms with Gasteiger partial charge in [-0.15, -0.1) is 0 Å². The van der Waals surface area contributed by atoms with Crippen LogP contribution in [0.1, 0.15) is 44.9 Å². The summed E-state index contributed by atoms with van der Waals surface area (Å²) in [5.41, 5.74) is 6.08. The molecule has 2 heteroatoms. The smallest absolute Gasteiger partial charge is 0.0693 e. The lowest BCUT2D eigenvalue weighted by Crippen LogP contribution is -2.43. The lowest BCUT2D eigenvalue weighted by Gasteiger charge is -2.34. The molecule has 4 atom stereocenters. The van der Waals surface area contributed by atoms with Gasteiger partial charge in [0.1, 0.15) is 0 Å². The van der Waals surface area contributed by atoms with Gasteiger partial charge in [0.25, 0.3) is 0 Å². The highest BCUT2D eigenvalue weighted by Gasteiger charge is 2.35. The molecule has 13 heavy (non-hydrogen) atoms. The van der Waals surface area contributed by atoms with Gasteiger partial charge in [0.15, 0.2) is 0 Å². The first kappa shape index (κ1) is 9.47. The monoisotopic (exact) mass is 183 g/mol. The molecule has 0 amide bonds. The number of rotatable bonds is 0. The Kier molecular flexibility index (Phi) is 2.89. The minimum Gasteiger partial charge on any atom is -0.392 e. The van der Waals surface area contributed by atoms with Gasteiger partial charge < -0.3 is 10.8 Å². The summed E-state index contributed by atoms with van der Waals surface area (Å²) in [4.78, 5) is 0. The van der Waals surface area contributed by atoms with Crippen LogP contribution < -0.4 is 5.73 Å². The minimum absolute atomic E-state index is 0.0628. The largest absolute Gasteiger partial charge is 0.392 e. The quantitative estimate of drug-likeness (QED) is 0.600. The molecule has 2 nitrogen and oxygen atoms in total. The molecule has 0 aromatic heterocycles. The molecule has 2 aliphatic carbocycles. The Bertz CT molecular complexity index is 169. The fourth-order valence-corrected chi connectivity index (χ4v) is 3.17. The Hall–Kier alpha value is -0.0800. The van der Waals surface area contributed by atoms with E-state index in [0.717, 1.165) is 12.3 Å². The van der Waals surface area contributed by atoms with Crippen molar-refractivity contribution < 1.29 is 5.11 Å². The van der Waals surface area contributed by atoms with Crippen LogP contribution in [0.2, 0.25) is 0 Å². The lowest BCUT2D eigenvalue weighted by molar-refractivity contribution is 0.0926. The van der Waals surface area contributed by atoms with E-state index < -0.39 is 0 Å². The zero-order valence-corrected chi connectivity index (χ0v) is 8.28. The Morgan fingerprint density at radius 2 is 1.62 bits per heavy atom. The second-order valence-electron chi connectivity index (χ2n) is 4.78. The molecule has 0 heterocycles. The predicted molar refractivity (Wildman–Crippen MR) is 53.3 cm³/mol. The van der Waals surface area contributed by atoms with Gasteiger partial charge in [-0.2, -0.15) is 0 Å². The number of nitrogens with two attached hydrogens (primary N) is 1. The van der Waals surface area contributed by atoms with Crippen LogP contribution in [-0.4, -0.2) is 17.3 Å². The van der Waals surface area contributed by atoms with Crippen molar-refractivity contribution in [3.63, 3.8) is 0 Å². The molecule has 0 saturated heterocycles. The first-order valence-electron chi connectivity index (χ1n) is 5.72. The zero-order valence-electron chi connectivity index (χ0n) is 8.28. The van der Waals surface area contributed by atoms with Crippen LogP contribution in [0.5, 0.6) is 0 Å². The summed E-state index contributed by atoms with van der Waals surface area (Å²) >= 11 is 0. The van der Waals surface area contributed by atoms with E-state index in [0.29, 0.717) is 5.92 Å². The Morgan fingerprint density at radius 1 is 0.923 bits per heavy atom. The zero-order chi connectivity index (χ0) is 9.26. The second-order valence-corrected chi connectivity index (χ2v) is 4.78. The number of hydrogen-bond acceptors (Lipinski definition) is 2. The molecule has 0 bridgehead atoms. The van der Waals surface area contributed by atoms with E-state index in [-0.39, 0.29) is 12.1 Å². The molecule has 2 saturated carbocycles. The second kappa shape index (κ2) is 3.97. The summed E-state index contributed by atoms with van der Waals surface area (Å²) in [6.45, 7) is 0. The van der Waals surface area contributed by atoms with Crippen LogP contribution in [0.3, 0.4) is 0 Å². The summed E-state index contributed by atoms with van der Waals surface area (Å²) in [6, 6.07) is 0.0628. The third-order valence-electron chi connectivity index (χ3n) is 3.98. The van der Waals surface area contributed by atoms with E-state index in [4.69, 9.17) is 5.73 Å². The first-order chi connectivity index (χ1) is 6.29. The van der Waals surface area contributed by atoms with Gasteiger partial charge in [-0.25, -0.2) is 0 Å². The molecule has 0 radical (unpaired) electrons. The molecular formula is C11H21NO. The standard InChI is InChI=1S/C11H21NO/c12-11-9-6-2-1-4-8(9)5-3-7-10(11)13/h8-11,13H,1-7,12H2/t8-,9-,10+,11-/m1/s1. The highest BCUT2D eigenvalue weighted by atomic mass is 16.3. The summed E-state index contributed by atoms with van der Waals surface area (Å²) in [6.07, 6.45) is 8.48. The molecule has 0 unspecified atom stereocenters. The Morgan fingerprint density at radius 3 is 2.46 bits per heavy atom. The van der Waals surface area contributed by atoms with Gasteiger partial charge >= 0.3 is 0 Å². The summed E-state index contributed by atoms with van der Waals surface area (Å²) < 4.78 is 0. The Labute approximate surface area is 80.5 Å². The third-order valence-corrected chi connectivity index (χ3v) is 3.98. The number of hydrogen-bond donors (Lipinski definition) is 2. The topological polar surface area (TPSA) is 46.2 Å². The molecule has 0 aliphatic heterocycles. The fraction of sp³-hybridized carbons (Fsp3) is 1.00. The highest BCUT2D eigenvalue weighted by Crippen LogP contribution is 2.38. The molecule has 0 aromatic rings. The molecule has 2 rings (SSSR count). The maximum Gasteiger partial charge on any atom is 0.0693 e. The highest BCUT2D eigenvalue weighted by molar-refractivity contribution is 4.89. The van der Waals surface area contributed by atoms with Crippen molar-refractivity contribution >= 4 is 0 Å². The van der Waals surface area contributed by atoms with E-state index in [9.17, 15) is 5.11 Å². The van der Waals surface area contributed by atoms with Crippen molar-refractivity contribution in [2.45, 2.75) is 57.1 Å². The first-order valence-corrected chi connectivity index (χ1v) is 5.72. The average Bonchev–Trinajstić information content (AvgIpc) is 2.29. The van der Waals surface area contributed by atoms with Gasteiger partial charge in [-0.05, 0) is 24.7 Å². The third kappa shape index (κ3) is 1.89.